The van der Waals surface area contributed by atoms with Crippen LogP contribution in [0.25, 0.3) is 0 Å². The average molecular weight is 564 g/mol. The lowest BCUT2D eigenvalue weighted by Gasteiger charge is -2.33. The first-order valence-corrected chi connectivity index (χ1v) is 14.6. The van der Waals surface area contributed by atoms with E-state index in [2.05, 4.69) is 42.9 Å². The summed E-state index contributed by atoms with van der Waals surface area (Å²) in [5.41, 5.74) is 3.20. The maximum atomic E-state index is 13.5. The largest absolute Gasteiger partial charge is 0.467 e. The number of carbonyl (C=O) groups is 1. The van der Waals surface area contributed by atoms with Gasteiger partial charge in [0.2, 0.25) is 0 Å². The van der Waals surface area contributed by atoms with Crippen LogP contribution in [0, 0.1) is 21.4 Å². The molecule has 3 heterocycles. The van der Waals surface area contributed by atoms with Crippen molar-refractivity contribution in [2.24, 2.45) is 16.3 Å². The third kappa shape index (κ3) is 6.13. The molecule has 1 atom stereocenters. The predicted octanol–water partition coefficient (Wildman–Crippen LogP) is 5.83. The van der Waals surface area contributed by atoms with Crippen LogP contribution in [0.4, 0.5) is 16.4 Å². The normalized spacial score (nSPS) is 18.2. The van der Waals surface area contributed by atoms with Gasteiger partial charge < -0.3 is 19.5 Å². The number of carbonyl (C=O) groups excluding carboxylic acids is 1. The number of hydrogen-bond acceptors (Lipinski definition) is 8. The molecule has 212 valence electrons. The molecule has 0 spiro atoms. The molecule has 0 unspecified atom stereocenters. The molecule has 3 aromatic rings. The number of likely N-dealkylation sites (N-methyl/N-ethyl adjacent to an activating group) is 1. The SMILES string of the molecule is CN1CCN(c2ccc(C=Nc3sc4c(c3C(=O)NCc3ccco3)CC[C@@H](C(C)(C)C)C4)cc2[N+](=O)[O-])CC1. The number of piperazine rings is 1. The first kappa shape index (κ1) is 28.0. The van der Waals surface area contributed by atoms with E-state index < -0.39 is 0 Å². The Labute approximate surface area is 239 Å². The summed E-state index contributed by atoms with van der Waals surface area (Å²) >= 11 is 1.56. The number of nitro benzene ring substituents is 1. The van der Waals surface area contributed by atoms with Crippen molar-refractivity contribution in [1.82, 2.24) is 10.2 Å². The molecule has 0 radical (unpaired) electrons. The van der Waals surface area contributed by atoms with E-state index in [0.29, 0.717) is 40.0 Å². The molecule has 1 amide bonds. The lowest BCUT2D eigenvalue weighted by Crippen LogP contribution is -2.44. The number of aliphatic imine (C=N–C) groups is 1. The highest BCUT2D eigenvalue weighted by Crippen LogP contribution is 2.45. The number of hydrogen-bond donors (Lipinski definition) is 1. The van der Waals surface area contributed by atoms with Crippen LogP contribution in [0.5, 0.6) is 0 Å². The van der Waals surface area contributed by atoms with Crippen LogP contribution in [0.2, 0.25) is 0 Å². The number of benzene rings is 1. The zero-order valence-corrected chi connectivity index (χ0v) is 24.4. The molecule has 2 aromatic heterocycles. The van der Waals surface area contributed by atoms with Crippen LogP contribution in [0.15, 0.2) is 46.0 Å². The van der Waals surface area contributed by atoms with Crippen molar-refractivity contribution in [3.8, 4) is 0 Å². The van der Waals surface area contributed by atoms with Crippen molar-refractivity contribution < 1.29 is 14.1 Å². The van der Waals surface area contributed by atoms with E-state index in [4.69, 9.17) is 9.41 Å². The second kappa shape index (κ2) is 11.5. The third-order valence-corrected chi connectivity index (χ3v) is 9.24. The molecule has 1 aliphatic carbocycles. The number of rotatable bonds is 7. The fraction of sp³-hybridized carbons (Fsp3) is 0.467. The smallest absolute Gasteiger partial charge is 0.293 e. The van der Waals surface area contributed by atoms with Crippen molar-refractivity contribution >= 4 is 39.8 Å². The van der Waals surface area contributed by atoms with Gasteiger partial charge in [0.15, 0.2) is 0 Å². The van der Waals surface area contributed by atoms with E-state index in [1.807, 2.05) is 18.2 Å². The highest BCUT2D eigenvalue weighted by Gasteiger charge is 2.33. The van der Waals surface area contributed by atoms with Crippen LogP contribution >= 0.6 is 11.3 Å². The second-order valence-electron chi connectivity index (χ2n) is 11.8. The number of amides is 1. The van der Waals surface area contributed by atoms with E-state index in [1.54, 1.807) is 35.9 Å². The minimum atomic E-state index is -0.324. The van der Waals surface area contributed by atoms with Gasteiger partial charge in [-0.05, 0) is 67.0 Å². The Hall–Kier alpha value is -3.50. The minimum Gasteiger partial charge on any atom is -0.467 e. The molecule has 0 bridgehead atoms. The molecule has 2 aliphatic rings. The van der Waals surface area contributed by atoms with Gasteiger partial charge in [0, 0.05) is 43.3 Å². The summed E-state index contributed by atoms with van der Waals surface area (Å²) in [5.74, 6) is 1.04. The summed E-state index contributed by atoms with van der Waals surface area (Å²) in [6.07, 6.45) is 6.00. The topological polar surface area (TPSA) is 104 Å². The average Bonchev–Trinajstić information content (AvgIpc) is 3.58. The van der Waals surface area contributed by atoms with Crippen LogP contribution in [-0.2, 0) is 19.4 Å². The number of thiophene rings is 1. The van der Waals surface area contributed by atoms with Gasteiger partial charge >= 0.3 is 0 Å². The first-order valence-electron chi connectivity index (χ1n) is 13.8. The van der Waals surface area contributed by atoms with Gasteiger partial charge in [-0.2, -0.15) is 0 Å². The van der Waals surface area contributed by atoms with Crippen molar-refractivity contribution in [3.63, 3.8) is 0 Å². The van der Waals surface area contributed by atoms with Gasteiger partial charge in [-0.1, -0.05) is 26.8 Å². The molecule has 1 aromatic carbocycles. The minimum absolute atomic E-state index is 0.0726. The van der Waals surface area contributed by atoms with Gasteiger partial charge in [-0.25, -0.2) is 4.99 Å². The van der Waals surface area contributed by atoms with Crippen molar-refractivity contribution in [1.29, 1.82) is 0 Å². The van der Waals surface area contributed by atoms with E-state index in [1.165, 1.54) is 4.88 Å². The molecule has 5 rings (SSSR count). The van der Waals surface area contributed by atoms with Crippen LogP contribution < -0.4 is 10.2 Å². The Kier molecular flexibility index (Phi) is 8.09. The first-order chi connectivity index (χ1) is 19.1. The molecule has 1 aliphatic heterocycles. The summed E-state index contributed by atoms with van der Waals surface area (Å²) in [4.78, 5) is 35.4. The van der Waals surface area contributed by atoms with E-state index in [9.17, 15) is 14.9 Å². The maximum absolute atomic E-state index is 13.5. The summed E-state index contributed by atoms with van der Waals surface area (Å²) in [5, 5.41) is 15.6. The lowest BCUT2D eigenvalue weighted by molar-refractivity contribution is -0.384. The van der Waals surface area contributed by atoms with Gasteiger partial charge in [0.25, 0.3) is 11.6 Å². The Morgan fingerprint density at radius 2 is 2.02 bits per heavy atom. The standard InChI is InChI=1S/C30H37N5O4S/c1-30(2,3)21-8-9-23-26(17-21)40-29(27(23)28(36)31-19-22-6-5-15-39-22)32-18-20-7-10-24(25(16-20)35(37)38)34-13-11-33(4)12-14-34/h5-7,10,15-16,18,21H,8-9,11-14,17,19H2,1-4H3,(H,31,36)/t21-/m1/s1. The fourth-order valence-corrected chi connectivity index (χ4v) is 6.79. The van der Waals surface area contributed by atoms with Crippen molar-refractivity contribution in [3.05, 3.63) is 74.0 Å². The van der Waals surface area contributed by atoms with Gasteiger partial charge in [-0.15, -0.1) is 11.3 Å². The van der Waals surface area contributed by atoms with Crippen molar-refractivity contribution in [2.45, 2.75) is 46.6 Å². The Morgan fingerprint density at radius 3 is 2.70 bits per heavy atom. The monoisotopic (exact) mass is 563 g/mol. The molecule has 0 saturated carbocycles. The second-order valence-corrected chi connectivity index (χ2v) is 12.9. The number of nitrogens with zero attached hydrogens (tertiary/aromatic N) is 4. The third-order valence-electron chi connectivity index (χ3n) is 8.07. The number of nitro groups is 1. The maximum Gasteiger partial charge on any atom is 0.293 e. The highest BCUT2D eigenvalue weighted by molar-refractivity contribution is 7.16. The zero-order chi connectivity index (χ0) is 28.4. The number of furan rings is 1. The van der Waals surface area contributed by atoms with Gasteiger partial charge in [-0.3, -0.25) is 14.9 Å². The van der Waals surface area contributed by atoms with Crippen LogP contribution in [0.3, 0.4) is 0 Å². The van der Waals surface area contributed by atoms with Gasteiger partial charge in [0.1, 0.15) is 16.4 Å². The molecular formula is C30H37N5O4S. The van der Waals surface area contributed by atoms with Crippen molar-refractivity contribution in [2.75, 3.05) is 38.1 Å². The van der Waals surface area contributed by atoms with E-state index in [0.717, 1.165) is 51.0 Å². The highest BCUT2D eigenvalue weighted by atomic mass is 32.1. The molecule has 1 fully saturated rings. The fourth-order valence-electron chi connectivity index (χ4n) is 5.52. The van der Waals surface area contributed by atoms with E-state index >= 15 is 0 Å². The number of fused-ring (bicyclic) bond motifs is 1. The summed E-state index contributed by atoms with van der Waals surface area (Å²) in [6.45, 7) is 10.3. The summed E-state index contributed by atoms with van der Waals surface area (Å²) in [6, 6.07) is 8.88. The molecule has 1 N–H and O–H groups in total. The molecular weight excluding hydrogens is 526 g/mol. The molecule has 1 saturated heterocycles. The van der Waals surface area contributed by atoms with Crippen LogP contribution in [0.1, 0.15) is 59.3 Å². The molecule has 40 heavy (non-hydrogen) atoms. The Balaban J connectivity index is 1.44. The number of nitrogens with one attached hydrogen (secondary N) is 1. The lowest BCUT2D eigenvalue weighted by atomic mass is 9.72. The summed E-state index contributed by atoms with van der Waals surface area (Å²) in [7, 11) is 2.06. The molecule has 10 heteroatoms. The molecule has 9 nitrogen and oxygen atoms in total. The van der Waals surface area contributed by atoms with E-state index in [-0.39, 0.29) is 21.9 Å². The quantitative estimate of drug-likeness (QED) is 0.220. The number of anilines is 1. The van der Waals surface area contributed by atoms with Gasteiger partial charge in [0.05, 0.1) is 23.3 Å². The predicted molar refractivity (Wildman–Crippen MR) is 159 cm³/mol. The Morgan fingerprint density at radius 1 is 1.25 bits per heavy atom. The summed E-state index contributed by atoms with van der Waals surface area (Å²) < 4.78 is 5.39. The Bertz CT molecular complexity index is 1400. The zero-order valence-electron chi connectivity index (χ0n) is 23.6. The van der Waals surface area contributed by atoms with Crippen LogP contribution in [-0.4, -0.2) is 55.2 Å².